The number of hydrogen-bond acceptors (Lipinski definition) is 3. The average Bonchev–Trinajstić information content (AvgIpc) is 2.59. The molecule has 0 spiro atoms. The molecule has 1 heterocycles. The normalized spacial score (nSPS) is 11.9. The van der Waals surface area contributed by atoms with E-state index in [1.165, 1.54) is 5.56 Å². The molecular weight excluding hydrogens is 292 g/mol. The van der Waals surface area contributed by atoms with Gasteiger partial charge in [0.05, 0.1) is 5.25 Å². The van der Waals surface area contributed by atoms with E-state index >= 15 is 0 Å². The van der Waals surface area contributed by atoms with Gasteiger partial charge in [-0.25, -0.2) is 0 Å². The van der Waals surface area contributed by atoms with Crippen molar-refractivity contribution < 1.29 is 4.79 Å². The van der Waals surface area contributed by atoms with Gasteiger partial charge < -0.3 is 4.90 Å². The number of thioether (sulfide) groups is 1. The fraction of sp³-hybridized carbons (Fsp3) is 0.333. The zero-order valence-corrected chi connectivity index (χ0v) is 13.9. The number of pyridine rings is 1. The third-order valence-electron chi connectivity index (χ3n) is 3.65. The van der Waals surface area contributed by atoms with Crippen molar-refractivity contribution in [1.29, 1.82) is 0 Å². The van der Waals surface area contributed by atoms with E-state index in [1.807, 2.05) is 48.4 Å². The summed E-state index contributed by atoms with van der Waals surface area (Å²) in [5, 5.41) is -0.0161. The maximum Gasteiger partial charge on any atom is 0.235 e. The summed E-state index contributed by atoms with van der Waals surface area (Å²) in [6.07, 6.45) is 6.39. The molecule has 2 aromatic rings. The van der Waals surface area contributed by atoms with Crippen molar-refractivity contribution in [1.82, 2.24) is 9.88 Å². The lowest BCUT2D eigenvalue weighted by atomic mass is 10.1. The molecule has 3 nitrogen and oxygen atoms in total. The first-order valence-corrected chi connectivity index (χ1v) is 8.74. The molecule has 0 saturated carbocycles. The van der Waals surface area contributed by atoms with E-state index in [-0.39, 0.29) is 11.2 Å². The summed E-state index contributed by atoms with van der Waals surface area (Å²) in [5.41, 5.74) is 2.37. The number of amides is 1. The number of carbonyl (C=O) groups excluding carboxylic acids is 1. The Kier molecular flexibility index (Phi) is 6.46. The summed E-state index contributed by atoms with van der Waals surface area (Å²) >= 11 is 1.59. The van der Waals surface area contributed by atoms with E-state index in [4.69, 9.17) is 0 Å². The average molecular weight is 314 g/mol. The van der Waals surface area contributed by atoms with Crippen molar-refractivity contribution >= 4 is 17.7 Å². The van der Waals surface area contributed by atoms with Crippen LogP contribution in [-0.4, -0.2) is 33.8 Å². The van der Waals surface area contributed by atoms with E-state index in [0.29, 0.717) is 6.54 Å². The van der Waals surface area contributed by atoms with Crippen LogP contribution < -0.4 is 0 Å². The van der Waals surface area contributed by atoms with Crippen LogP contribution in [0.3, 0.4) is 0 Å². The molecule has 116 valence electrons. The Bertz CT molecular complexity index is 574. The monoisotopic (exact) mass is 314 g/mol. The lowest BCUT2D eigenvalue weighted by Crippen LogP contribution is -2.37. The second kappa shape index (κ2) is 8.59. The Morgan fingerprint density at radius 2 is 1.82 bits per heavy atom. The van der Waals surface area contributed by atoms with Gasteiger partial charge in [0.1, 0.15) is 0 Å². The highest BCUT2D eigenvalue weighted by atomic mass is 32.2. The summed E-state index contributed by atoms with van der Waals surface area (Å²) in [6.45, 7) is 3.34. The Morgan fingerprint density at radius 1 is 1.14 bits per heavy atom. The van der Waals surface area contributed by atoms with Crippen molar-refractivity contribution in [3.8, 4) is 0 Å². The Labute approximate surface area is 136 Å². The molecule has 22 heavy (non-hydrogen) atoms. The summed E-state index contributed by atoms with van der Waals surface area (Å²) in [6, 6.07) is 14.2. The number of rotatable bonds is 7. The van der Waals surface area contributed by atoms with Crippen LogP contribution in [0.4, 0.5) is 0 Å². The van der Waals surface area contributed by atoms with Gasteiger partial charge in [-0.1, -0.05) is 30.3 Å². The van der Waals surface area contributed by atoms with Gasteiger partial charge >= 0.3 is 0 Å². The Hall–Kier alpha value is -1.81. The number of benzene rings is 1. The van der Waals surface area contributed by atoms with Crippen LogP contribution in [0.15, 0.2) is 54.9 Å². The van der Waals surface area contributed by atoms with Crippen molar-refractivity contribution in [2.75, 3.05) is 12.8 Å². The van der Waals surface area contributed by atoms with Crippen molar-refractivity contribution in [2.45, 2.75) is 25.1 Å². The van der Waals surface area contributed by atoms with Gasteiger partial charge in [-0.15, -0.1) is 0 Å². The summed E-state index contributed by atoms with van der Waals surface area (Å²) < 4.78 is 0. The molecule has 0 N–H and O–H groups in total. The first kappa shape index (κ1) is 16.6. The van der Waals surface area contributed by atoms with Gasteiger partial charge in [0, 0.05) is 25.5 Å². The molecule has 0 aliphatic heterocycles. The molecule has 0 fully saturated rings. The fourth-order valence-corrected chi connectivity index (χ4v) is 2.59. The first-order valence-electron chi connectivity index (χ1n) is 7.45. The summed E-state index contributed by atoms with van der Waals surface area (Å²) in [5.74, 6) is 0.195. The van der Waals surface area contributed by atoms with Gasteiger partial charge in [0.2, 0.25) is 5.91 Å². The zero-order valence-electron chi connectivity index (χ0n) is 13.1. The van der Waals surface area contributed by atoms with Gasteiger partial charge in [0.25, 0.3) is 0 Å². The van der Waals surface area contributed by atoms with Crippen molar-refractivity contribution in [3.05, 3.63) is 66.0 Å². The smallest absolute Gasteiger partial charge is 0.235 e. The van der Waals surface area contributed by atoms with Crippen LogP contribution in [0, 0.1) is 0 Å². The lowest BCUT2D eigenvalue weighted by molar-refractivity contribution is -0.130. The molecule has 0 saturated heterocycles. The molecule has 1 atom stereocenters. The van der Waals surface area contributed by atoms with E-state index in [0.717, 1.165) is 18.5 Å². The van der Waals surface area contributed by atoms with Gasteiger partial charge in [-0.2, -0.15) is 11.8 Å². The van der Waals surface area contributed by atoms with Crippen molar-refractivity contribution in [2.24, 2.45) is 0 Å². The molecule has 4 heteroatoms. The number of carbonyl (C=O) groups is 1. The number of aromatic nitrogens is 1. The van der Waals surface area contributed by atoms with Gasteiger partial charge in [0.15, 0.2) is 0 Å². The highest BCUT2D eigenvalue weighted by Crippen LogP contribution is 2.13. The highest BCUT2D eigenvalue weighted by Gasteiger charge is 2.19. The standard InChI is InChI=1S/C18H22N2OS/c1-15(22-2)18(21)20(14-17-8-11-19-12-9-17)13-10-16-6-4-3-5-7-16/h3-9,11-12,15H,10,13-14H2,1-2H3/t15-/m1/s1. The zero-order chi connectivity index (χ0) is 15.8. The number of hydrogen-bond donors (Lipinski definition) is 0. The predicted molar refractivity (Wildman–Crippen MR) is 92.8 cm³/mol. The van der Waals surface area contributed by atoms with Crippen molar-refractivity contribution in [3.63, 3.8) is 0 Å². The SMILES string of the molecule is CS[C@H](C)C(=O)N(CCc1ccccc1)Cc1ccncc1. The maximum absolute atomic E-state index is 12.6. The third-order valence-corrected chi connectivity index (χ3v) is 4.56. The molecular formula is C18H22N2OS. The number of nitrogens with zero attached hydrogens (tertiary/aromatic N) is 2. The van der Waals surface area contributed by atoms with E-state index in [1.54, 1.807) is 24.2 Å². The predicted octanol–water partition coefficient (Wildman–Crippen LogP) is 3.40. The first-order chi connectivity index (χ1) is 10.7. The van der Waals surface area contributed by atoms with Crippen LogP contribution in [0.5, 0.6) is 0 Å². The second-order valence-electron chi connectivity index (χ2n) is 5.23. The molecule has 1 aromatic heterocycles. The Morgan fingerprint density at radius 3 is 2.45 bits per heavy atom. The van der Waals surface area contributed by atoms with Gasteiger partial charge in [-0.05, 0) is 42.9 Å². The largest absolute Gasteiger partial charge is 0.337 e. The van der Waals surface area contributed by atoms with Crippen LogP contribution in [-0.2, 0) is 17.8 Å². The van der Waals surface area contributed by atoms with Crippen LogP contribution in [0.1, 0.15) is 18.1 Å². The molecule has 0 aliphatic rings. The fourth-order valence-electron chi connectivity index (χ4n) is 2.24. The minimum absolute atomic E-state index is 0.0161. The molecule has 1 aromatic carbocycles. The van der Waals surface area contributed by atoms with E-state index in [9.17, 15) is 4.79 Å². The molecule has 1 amide bonds. The third kappa shape index (κ3) is 4.88. The maximum atomic E-state index is 12.6. The van der Waals surface area contributed by atoms with E-state index in [2.05, 4.69) is 17.1 Å². The summed E-state index contributed by atoms with van der Waals surface area (Å²) in [4.78, 5) is 18.6. The minimum atomic E-state index is -0.0161. The Balaban J connectivity index is 2.05. The van der Waals surface area contributed by atoms with E-state index < -0.39 is 0 Å². The van der Waals surface area contributed by atoms with Crippen LogP contribution in [0.25, 0.3) is 0 Å². The molecule has 0 aliphatic carbocycles. The van der Waals surface area contributed by atoms with Crippen LogP contribution >= 0.6 is 11.8 Å². The topological polar surface area (TPSA) is 33.2 Å². The van der Waals surface area contributed by atoms with Gasteiger partial charge in [-0.3, -0.25) is 9.78 Å². The molecule has 0 radical (unpaired) electrons. The lowest BCUT2D eigenvalue weighted by Gasteiger charge is -2.25. The van der Waals surface area contributed by atoms with Crippen LogP contribution in [0.2, 0.25) is 0 Å². The quantitative estimate of drug-likeness (QED) is 0.785. The molecule has 0 unspecified atom stereocenters. The summed E-state index contributed by atoms with van der Waals surface area (Å²) in [7, 11) is 0. The highest BCUT2D eigenvalue weighted by molar-refractivity contribution is 7.99. The molecule has 0 bridgehead atoms. The second-order valence-corrected chi connectivity index (χ2v) is 6.41. The minimum Gasteiger partial charge on any atom is -0.337 e. The molecule has 2 rings (SSSR count).